The summed E-state index contributed by atoms with van der Waals surface area (Å²) in [6, 6.07) is 2.11. The molecular weight excluding hydrogens is 219 g/mol. The molecular formula is C10H10F3N3. The van der Waals surface area contributed by atoms with Gasteiger partial charge in [-0.1, -0.05) is 0 Å². The topological polar surface area (TPSA) is 43.3 Å². The van der Waals surface area contributed by atoms with E-state index in [4.69, 9.17) is 5.73 Å². The van der Waals surface area contributed by atoms with Crippen LogP contribution >= 0.6 is 0 Å². The molecule has 0 spiro atoms. The predicted molar refractivity (Wildman–Crippen MR) is 52.8 cm³/mol. The SMILES string of the molecule is Cc1cc(C(F)(F)F)cc2nc(CN)cn12. The molecule has 0 aliphatic rings. The molecule has 3 nitrogen and oxygen atoms in total. The van der Waals surface area contributed by atoms with E-state index in [0.29, 0.717) is 11.4 Å². The largest absolute Gasteiger partial charge is 0.416 e. The second kappa shape index (κ2) is 3.48. The monoisotopic (exact) mass is 229 g/mol. The van der Waals surface area contributed by atoms with Gasteiger partial charge in [0.05, 0.1) is 11.3 Å². The minimum Gasteiger partial charge on any atom is -0.325 e. The Morgan fingerprint density at radius 2 is 2.06 bits per heavy atom. The highest BCUT2D eigenvalue weighted by Crippen LogP contribution is 2.30. The van der Waals surface area contributed by atoms with Gasteiger partial charge in [-0.3, -0.25) is 0 Å². The van der Waals surface area contributed by atoms with Crippen LogP contribution in [0.4, 0.5) is 13.2 Å². The van der Waals surface area contributed by atoms with Gasteiger partial charge in [-0.25, -0.2) is 4.98 Å². The maximum Gasteiger partial charge on any atom is 0.416 e. The van der Waals surface area contributed by atoms with Crippen LogP contribution in [-0.4, -0.2) is 9.38 Å². The molecule has 2 heterocycles. The Labute approximate surface area is 89.7 Å². The molecule has 0 aliphatic heterocycles. The van der Waals surface area contributed by atoms with E-state index in [2.05, 4.69) is 4.98 Å². The summed E-state index contributed by atoms with van der Waals surface area (Å²) in [5, 5.41) is 0. The summed E-state index contributed by atoms with van der Waals surface area (Å²) < 4.78 is 39.2. The average molecular weight is 229 g/mol. The number of nitrogens with two attached hydrogens (primary N) is 1. The van der Waals surface area contributed by atoms with Gasteiger partial charge in [0.1, 0.15) is 5.65 Å². The molecule has 0 fully saturated rings. The number of aromatic nitrogens is 2. The van der Waals surface area contributed by atoms with Crippen molar-refractivity contribution in [2.75, 3.05) is 0 Å². The summed E-state index contributed by atoms with van der Waals surface area (Å²) >= 11 is 0. The number of pyridine rings is 1. The first-order chi connectivity index (χ1) is 7.41. The van der Waals surface area contributed by atoms with Crippen molar-refractivity contribution in [1.29, 1.82) is 0 Å². The van der Waals surface area contributed by atoms with Crippen LogP contribution in [0.1, 0.15) is 17.0 Å². The molecule has 16 heavy (non-hydrogen) atoms. The van der Waals surface area contributed by atoms with E-state index in [-0.39, 0.29) is 12.2 Å². The van der Waals surface area contributed by atoms with Gasteiger partial charge in [0.2, 0.25) is 0 Å². The van der Waals surface area contributed by atoms with E-state index in [1.54, 1.807) is 17.5 Å². The molecule has 6 heteroatoms. The van der Waals surface area contributed by atoms with Crippen molar-refractivity contribution in [3.05, 3.63) is 35.3 Å². The number of nitrogens with zero attached hydrogens (tertiary/aromatic N) is 2. The Balaban J connectivity index is 2.67. The smallest absolute Gasteiger partial charge is 0.325 e. The lowest BCUT2D eigenvalue weighted by Gasteiger charge is -2.08. The number of hydrogen-bond donors (Lipinski definition) is 1. The van der Waals surface area contributed by atoms with Gasteiger partial charge in [-0.05, 0) is 19.1 Å². The van der Waals surface area contributed by atoms with Crippen LogP contribution in [0.2, 0.25) is 0 Å². The van der Waals surface area contributed by atoms with Gasteiger partial charge in [0.15, 0.2) is 0 Å². The van der Waals surface area contributed by atoms with Crippen molar-refractivity contribution in [2.45, 2.75) is 19.6 Å². The predicted octanol–water partition coefficient (Wildman–Crippen LogP) is 2.12. The summed E-state index contributed by atoms with van der Waals surface area (Å²) in [7, 11) is 0. The molecule has 0 bridgehead atoms. The summed E-state index contributed by atoms with van der Waals surface area (Å²) in [5.41, 5.74) is 6.03. The van der Waals surface area contributed by atoms with Crippen LogP contribution in [0.25, 0.3) is 5.65 Å². The zero-order valence-electron chi connectivity index (χ0n) is 8.54. The maximum absolute atomic E-state index is 12.5. The van der Waals surface area contributed by atoms with Gasteiger partial charge in [-0.2, -0.15) is 13.2 Å². The molecule has 0 aromatic carbocycles. The zero-order chi connectivity index (χ0) is 11.9. The van der Waals surface area contributed by atoms with Crippen LogP contribution in [0, 0.1) is 6.92 Å². The van der Waals surface area contributed by atoms with Crippen LogP contribution in [0.3, 0.4) is 0 Å². The standard InChI is InChI=1S/C10H10F3N3/c1-6-2-7(10(11,12)13)3-9-15-8(4-14)5-16(6)9/h2-3,5H,4,14H2,1H3. The minimum absolute atomic E-state index is 0.211. The van der Waals surface area contributed by atoms with Crippen molar-refractivity contribution in [1.82, 2.24) is 9.38 Å². The highest BCUT2D eigenvalue weighted by molar-refractivity contribution is 5.46. The van der Waals surface area contributed by atoms with E-state index in [0.717, 1.165) is 12.1 Å². The summed E-state index contributed by atoms with van der Waals surface area (Å²) in [4.78, 5) is 4.00. The summed E-state index contributed by atoms with van der Waals surface area (Å²) in [6.07, 6.45) is -2.70. The third-order valence-electron chi connectivity index (χ3n) is 2.35. The molecule has 0 radical (unpaired) electrons. The van der Waals surface area contributed by atoms with Crippen molar-refractivity contribution in [3.63, 3.8) is 0 Å². The number of rotatable bonds is 1. The van der Waals surface area contributed by atoms with Gasteiger partial charge in [0.25, 0.3) is 0 Å². The van der Waals surface area contributed by atoms with E-state index >= 15 is 0 Å². The van der Waals surface area contributed by atoms with Crippen molar-refractivity contribution in [2.24, 2.45) is 5.73 Å². The van der Waals surface area contributed by atoms with Crippen molar-refractivity contribution >= 4 is 5.65 Å². The fraction of sp³-hybridized carbons (Fsp3) is 0.300. The van der Waals surface area contributed by atoms with E-state index in [9.17, 15) is 13.2 Å². The molecule has 2 aromatic rings. The first kappa shape index (κ1) is 10.9. The molecule has 0 atom stereocenters. The second-order valence-corrected chi connectivity index (χ2v) is 3.55. The van der Waals surface area contributed by atoms with E-state index in [1.807, 2.05) is 0 Å². The number of fused-ring (bicyclic) bond motifs is 1. The third-order valence-corrected chi connectivity index (χ3v) is 2.35. The zero-order valence-corrected chi connectivity index (χ0v) is 8.54. The molecule has 0 aliphatic carbocycles. The number of halogens is 3. The highest BCUT2D eigenvalue weighted by atomic mass is 19.4. The van der Waals surface area contributed by atoms with Gasteiger partial charge in [0, 0.05) is 18.4 Å². The first-order valence-corrected chi connectivity index (χ1v) is 4.67. The van der Waals surface area contributed by atoms with E-state index < -0.39 is 11.7 Å². The molecule has 0 saturated carbocycles. The van der Waals surface area contributed by atoms with Crippen LogP contribution in [0.5, 0.6) is 0 Å². The molecule has 2 aromatic heterocycles. The lowest BCUT2D eigenvalue weighted by molar-refractivity contribution is -0.137. The van der Waals surface area contributed by atoms with Gasteiger partial charge >= 0.3 is 6.18 Å². The molecule has 2 rings (SSSR count). The Morgan fingerprint density at radius 1 is 1.38 bits per heavy atom. The number of hydrogen-bond acceptors (Lipinski definition) is 2. The lowest BCUT2D eigenvalue weighted by atomic mass is 10.2. The highest BCUT2D eigenvalue weighted by Gasteiger charge is 2.31. The molecule has 86 valence electrons. The summed E-state index contributed by atoms with van der Waals surface area (Å²) in [5.74, 6) is 0. The number of alkyl halides is 3. The Bertz CT molecular complexity index is 528. The fourth-order valence-corrected chi connectivity index (χ4v) is 1.57. The number of imidazole rings is 1. The molecule has 0 unspecified atom stereocenters. The van der Waals surface area contributed by atoms with Crippen molar-refractivity contribution in [3.8, 4) is 0 Å². The normalized spacial score (nSPS) is 12.3. The Hall–Kier alpha value is -1.56. The molecule has 0 saturated heterocycles. The molecule has 2 N–H and O–H groups in total. The van der Waals surface area contributed by atoms with Gasteiger partial charge in [-0.15, -0.1) is 0 Å². The van der Waals surface area contributed by atoms with Crippen molar-refractivity contribution < 1.29 is 13.2 Å². The van der Waals surface area contributed by atoms with E-state index in [1.165, 1.54) is 0 Å². The molecule has 0 amide bonds. The number of aryl methyl sites for hydroxylation is 1. The second-order valence-electron chi connectivity index (χ2n) is 3.55. The Morgan fingerprint density at radius 3 is 2.62 bits per heavy atom. The van der Waals surface area contributed by atoms with Crippen LogP contribution in [0.15, 0.2) is 18.3 Å². The Kier molecular flexibility index (Phi) is 2.38. The minimum atomic E-state index is -4.35. The summed E-state index contributed by atoms with van der Waals surface area (Å²) in [6.45, 7) is 1.81. The van der Waals surface area contributed by atoms with Crippen LogP contribution in [-0.2, 0) is 12.7 Å². The lowest BCUT2D eigenvalue weighted by Crippen LogP contribution is -2.06. The maximum atomic E-state index is 12.5. The first-order valence-electron chi connectivity index (χ1n) is 4.67. The fourth-order valence-electron chi connectivity index (χ4n) is 1.57. The van der Waals surface area contributed by atoms with Gasteiger partial charge < -0.3 is 10.1 Å². The quantitative estimate of drug-likeness (QED) is 0.813. The third kappa shape index (κ3) is 1.76. The average Bonchev–Trinajstić information content (AvgIpc) is 2.59. The van der Waals surface area contributed by atoms with Crippen LogP contribution < -0.4 is 5.73 Å².